The number of likely N-dealkylation sites (N-methyl/N-ethyl adjacent to an activating group) is 2. The van der Waals surface area contributed by atoms with E-state index >= 15 is 0 Å². The number of nitrogens with one attached hydrogen (secondary N) is 4. The Bertz CT molecular complexity index is 2750. The molecule has 4 aromatic rings. The molecule has 0 saturated carbocycles. The highest BCUT2D eigenvalue weighted by atomic mass is 35.5. The topological polar surface area (TPSA) is 166 Å². The molecule has 0 aromatic heterocycles. The Morgan fingerprint density at radius 1 is 0.592 bits per heavy atom. The van der Waals surface area contributed by atoms with Gasteiger partial charge in [-0.3, -0.25) is 0 Å². The number of hydrogen-bond acceptors (Lipinski definition) is 12. The highest BCUT2D eigenvalue weighted by Crippen LogP contribution is 2.42. The number of benzene rings is 4. The lowest BCUT2D eigenvalue weighted by molar-refractivity contribution is 0.0459. The van der Waals surface area contributed by atoms with Gasteiger partial charge in [0.1, 0.15) is 0 Å². The summed E-state index contributed by atoms with van der Waals surface area (Å²) in [5, 5.41) is 13.8. The molecular formula is C54H70Cl4N8O8S2. The first-order valence-electron chi connectivity index (χ1n) is 26.1. The summed E-state index contributed by atoms with van der Waals surface area (Å²) in [5.41, 5.74) is 9.06. The van der Waals surface area contributed by atoms with Crippen LogP contribution in [0.3, 0.4) is 0 Å². The van der Waals surface area contributed by atoms with E-state index in [-0.39, 0.29) is 37.0 Å². The number of nitrogens with zero attached hydrogens (tertiary/aromatic N) is 4. The molecule has 8 rings (SSSR count). The number of unbranched alkanes of at least 4 members (excludes halogenated alkanes) is 1. The first kappa shape index (κ1) is 58.7. The van der Waals surface area contributed by atoms with Crippen molar-refractivity contribution in [2.24, 2.45) is 0 Å². The van der Waals surface area contributed by atoms with Gasteiger partial charge in [0.2, 0.25) is 10.0 Å². The van der Waals surface area contributed by atoms with Crippen LogP contribution in [0.5, 0.6) is 0 Å². The third-order valence-electron chi connectivity index (χ3n) is 14.0. The number of fused-ring (bicyclic) bond motifs is 4. The number of carbonyl (C=O) groups excluding carboxylic acids is 2. The predicted molar refractivity (Wildman–Crippen MR) is 301 cm³/mol. The Morgan fingerprint density at radius 2 is 1.08 bits per heavy atom. The largest absolute Gasteiger partial charge is 0.378 e. The van der Waals surface area contributed by atoms with E-state index in [1.807, 2.05) is 24.3 Å². The summed E-state index contributed by atoms with van der Waals surface area (Å²) in [6.07, 6.45) is 2.98. The van der Waals surface area contributed by atoms with Crippen LogP contribution in [0.4, 0.5) is 9.59 Å². The van der Waals surface area contributed by atoms with E-state index in [4.69, 9.17) is 65.4 Å². The molecule has 22 heteroatoms. The molecule has 4 aromatic carbocycles. The summed E-state index contributed by atoms with van der Waals surface area (Å²) in [5.74, 6) is 0.255. The first-order chi connectivity index (χ1) is 36.7. The maximum absolute atomic E-state index is 13.6. The van der Waals surface area contributed by atoms with Crippen LogP contribution < -0.4 is 21.3 Å². The number of urea groups is 2. The smallest absolute Gasteiger partial charge is 0.314 e. The Morgan fingerprint density at radius 3 is 1.64 bits per heavy atom. The van der Waals surface area contributed by atoms with Gasteiger partial charge in [-0.25, -0.2) is 22.3 Å². The Labute approximate surface area is 472 Å². The van der Waals surface area contributed by atoms with Gasteiger partial charge < -0.3 is 50.0 Å². The molecule has 2 atom stereocenters. The quantitative estimate of drug-likeness (QED) is 0.0374. The average Bonchev–Trinajstić information content (AvgIpc) is 3.47. The molecule has 4 N–H and O–H groups in total. The maximum atomic E-state index is 13.6. The summed E-state index contributed by atoms with van der Waals surface area (Å²) in [7, 11) is 0.518. The number of amides is 4. The van der Waals surface area contributed by atoms with Crippen LogP contribution in [-0.2, 0) is 54.9 Å². The van der Waals surface area contributed by atoms with Gasteiger partial charge in [-0.2, -0.15) is 4.31 Å². The van der Waals surface area contributed by atoms with Gasteiger partial charge in [0.05, 0.1) is 57.8 Å². The summed E-state index contributed by atoms with van der Waals surface area (Å²) < 4.78 is 53.7. The van der Waals surface area contributed by atoms with Gasteiger partial charge in [0.15, 0.2) is 0 Å². The second-order valence-corrected chi connectivity index (χ2v) is 24.3. The zero-order valence-electron chi connectivity index (χ0n) is 43.3. The lowest BCUT2D eigenvalue weighted by Gasteiger charge is -2.34. The zero-order valence-corrected chi connectivity index (χ0v) is 47.9. The number of sulfonamides is 1. The molecule has 4 heterocycles. The van der Waals surface area contributed by atoms with Gasteiger partial charge in [-0.15, -0.1) is 0 Å². The second kappa shape index (κ2) is 28.6. The lowest BCUT2D eigenvalue weighted by Crippen LogP contribution is -2.39. The summed E-state index contributed by atoms with van der Waals surface area (Å²) in [4.78, 5) is 30.5. The molecule has 2 unspecified atom stereocenters. The maximum Gasteiger partial charge on any atom is 0.314 e. The minimum atomic E-state index is -3.67. The minimum absolute atomic E-state index is 0.0283. The second-order valence-electron chi connectivity index (χ2n) is 19.6. The van der Waals surface area contributed by atoms with Crippen molar-refractivity contribution in [3.63, 3.8) is 0 Å². The summed E-state index contributed by atoms with van der Waals surface area (Å²) in [6.45, 7) is 10.3. The van der Waals surface area contributed by atoms with E-state index in [0.29, 0.717) is 118 Å². The van der Waals surface area contributed by atoms with Crippen LogP contribution in [-0.4, -0.2) is 171 Å². The first-order valence-corrected chi connectivity index (χ1v) is 29.8. The number of rotatable bonds is 25. The van der Waals surface area contributed by atoms with Crippen molar-refractivity contribution in [1.82, 2.24) is 39.7 Å². The molecule has 0 bridgehead atoms. The van der Waals surface area contributed by atoms with Crippen LogP contribution in [0.25, 0.3) is 0 Å². The van der Waals surface area contributed by atoms with Crippen LogP contribution in [0.1, 0.15) is 69.2 Å². The van der Waals surface area contributed by atoms with Crippen LogP contribution in [0, 0.1) is 0 Å². The molecule has 76 heavy (non-hydrogen) atoms. The zero-order chi connectivity index (χ0) is 53.6. The van der Waals surface area contributed by atoms with Gasteiger partial charge in [0.25, 0.3) is 0 Å². The van der Waals surface area contributed by atoms with Gasteiger partial charge in [-0.05, 0) is 133 Å². The van der Waals surface area contributed by atoms with Crippen LogP contribution >= 0.6 is 58.4 Å². The van der Waals surface area contributed by atoms with Crippen LogP contribution in [0.15, 0.2) is 70.5 Å². The van der Waals surface area contributed by atoms with Crippen LogP contribution in [0.2, 0.25) is 20.1 Å². The molecule has 4 aliphatic heterocycles. The van der Waals surface area contributed by atoms with Crippen molar-refractivity contribution in [2.75, 3.05) is 132 Å². The Balaban J connectivity index is 0.581. The fraction of sp³-hybridized carbons (Fsp3) is 0.519. The van der Waals surface area contributed by atoms with E-state index < -0.39 is 10.0 Å². The van der Waals surface area contributed by atoms with Crippen molar-refractivity contribution in [3.8, 4) is 0 Å². The Hall–Kier alpha value is -3.44. The molecule has 0 radical (unpaired) electrons. The molecular weight excluding hydrogens is 1090 g/mol. The average molecular weight is 1170 g/mol. The van der Waals surface area contributed by atoms with E-state index in [0.717, 1.165) is 78.5 Å². The van der Waals surface area contributed by atoms with E-state index in [2.05, 4.69) is 73.7 Å². The van der Waals surface area contributed by atoms with Gasteiger partial charge in [0, 0.05) is 115 Å². The van der Waals surface area contributed by atoms with Crippen molar-refractivity contribution in [3.05, 3.63) is 125 Å². The number of hydrogen-bond donors (Lipinski definition) is 4. The van der Waals surface area contributed by atoms with Gasteiger partial charge in [-0.1, -0.05) is 70.7 Å². The van der Waals surface area contributed by atoms with Crippen molar-refractivity contribution >= 4 is 80.4 Å². The molecule has 0 fully saturated rings. The minimum Gasteiger partial charge on any atom is -0.378 e. The molecule has 414 valence electrons. The fourth-order valence-electron chi connectivity index (χ4n) is 10.2. The lowest BCUT2D eigenvalue weighted by atomic mass is 9.84. The molecule has 16 nitrogen and oxygen atoms in total. The molecule has 0 saturated heterocycles. The number of halogens is 4. The van der Waals surface area contributed by atoms with Crippen molar-refractivity contribution in [1.29, 1.82) is 0 Å². The fourth-order valence-corrected chi connectivity index (χ4v) is 14.0. The number of carbonyl (C=O) groups is 2. The highest BCUT2D eigenvalue weighted by Gasteiger charge is 2.34. The standard InChI is InChI=1S/C54H70Cl4N8O8S2/c1-63-33-45(43-29-41(55)31-49(57)47(43)35-63)37-5-7-51-39(27-37)9-15-65(75-51)17-21-73-25-23-71-19-13-61-53(67)59-11-3-4-12-60-54(68)62-14-20-72-24-26-74-22-18-66-16-10-40-28-38(6-8-52(40)76(66,69)70)46-34-64(2)36-48-44(46)30-42(56)32-50(48)58/h5-8,27-32,45-46H,3-4,9-26,33-36H2,1-2H3,(H2,59,61,67)(H2,60,62,68). The van der Waals surface area contributed by atoms with E-state index in [1.54, 1.807) is 24.1 Å². The molecule has 4 amide bonds. The molecule has 0 spiro atoms. The molecule has 0 aliphatic carbocycles. The SMILES string of the molecule is CN1Cc2c(Cl)cc(Cl)cc2C(c2ccc3c(c2)CCN(CCOCCOCCNC(=O)NCCCCNC(=O)NCCOCCOCCN2CCc4cc(C5CN(C)Cc6c(Cl)cc(Cl)cc65)ccc4S2(=O)=O)S3)C1. The van der Waals surface area contributed by atoms with E-state index in [1.165, 1.54) is 25.9 Å². The Kier molecular flexibility index (Phi) is 22.1. The highest BCUT2D eigenvalue weighted by molar-refractivity contribution is 7.97. The van der Waals surface area contributed by atoms with Crippen molar-refractivity contribution < 1.29 is 37.0 Å². The third kappa shape index (κ3) is 16.1. The van der Waals surface area contributed by atoms with Crippen molar-refractivity contribution in [2.45, 2.75) is 60.4 Å². The van der Waals surface area contributed by atoms with E-state index in [9.17, 15) is 18.0 Å². The number of ether oxygens (including phenoxy) is 4. The summed E-state index contributed by atoms with van der Waals surface area (Å²) in [6, 6.07) is 19.6. The summed E-state index contributed by atoms with van der Waals surface area (Å²) >= 11 is 27.8. The van der Waals surface area contributed by atoms with Gasteiger partial charge >= 0.3 is 12.1 Å². The molecule has 4 aliphatic rings. The third-order valence-corrected chi connectivity index (χ3v) is 18.3. The predicted octanol–water partition coefficient (Wildman–Crippen LogP) is 8.01. The monoisotopic (exact) mass is 1160 g/mol. The normalized spacial score (nSPS) is 18.6.